The number of rotatable bonds is 4. The second kappa shape index (κ2) is 29.1. The van der Waals surface area contributed by atoms with Crippen LogP contribution in [0.5, 0.6) is 0 Å². The molecular weight excluding hydrogens is 438 g/mol. The molecule has 0 N–H and O–H groups in total. The van der Waals surface area contributed by atoms with Gasteiger partial charge in [-0.1, -0.05) is 0 Å². The van der Waals surface area contributed by atoms with Crippen LogP contribution in [-0.4, -0.2) is 18.7 Å². The van der Waals surface area contributed by atoms with Crippen LogP contribution in [0.3, 0.4) is 0 Å². The van der Waals surface area contributed by atoms with E-state index in [1.54, 1.807) is 7.11 Å². The summed E-state index contributed by atoms with van der Waals surface area (Å²) in [5, 5.41) is 0. The van der Waals surface area contributed by atoms with Gasteiger partial charge in [0.1, 0.15) is 0 Å². The molecule has 0 aromatic heterocycles. The van der Waals surface area contributed by atoms with Crippen molar-refractivity contribution in [2.45, 2.75) is 6.54 Å². The molecule has 0 heterocycles. The standard InChI is InChI=1S/C18H17NO.5CO.Cr/c1-19(15-16-9-4-3-5-10-16)18-13-7-6-11-17(18)12-8-14-20-2;5*1-2;/h3-7,9-11,13H,15H2,1-2H3;;;;;;. The summed E-state index contributed by atoms with van der Waals surface area (Å²) in [6.07, 6.45) is 0. The molecule has 31 heavy (non-hydrogen) atoms. The van der Waals surface area contributed by atoms with E-state index < -0.39 is 0 Å². The molecule has 0 unspecified atom stereocenters. The van der Waals surface area contributed by atoms with Gasteiger partial charge in [0.15, 0.2) is 0 Å². The Morgan fingerprint density at radius 2 is 1.29 bits per heavy atom. The van der Waals surface area contributed by atoms with Crippen LogP contribution in [0.25, 0.3) is 0 Å². The quantitative estimate of drug-likeness (QED) is 0.401. The van der Waals surface area contributed by atoms with Gasteiger partial charge in [-0.25, -0.2) is 0 Å². The summed E-state index contributed by atoms with van der Waals surface area (Å²) in [6, 6.07) is 18.5. The molecule has 0 saturated carbocycles. The number of benzene rings is 2. The number of ether oxygens (including phenoxy) is 1. The van der Waals surface area contributed by atoms with Crippen molar-refractivity contribution in [1.29, 1.82) is 0 Å². The molecule has 0 bridgehead atoms. The van der Waals surface area contributed by atoms with Crippen molar-refractivity contribution in [3.63, 3.8) is 0 Å². The van der Waals surface area contributed by atoms with Crippen LogP contribution in [0.1, 0.15) is 11.1 Å². The van der Waals surface area contributed by atoms with Crippen LogP contribution in [0.4, 0.5) is 5.69 Å². The van der Waals surface area contributed by atoms with Gasteiger partial charge >= 0.3 is 191 Å². The Labute approximate surface area is 190 Å². The Balaban J connectivity index is -0.000000320. The first-order chi connectivity index (χ1) is 15.2. The maximum atomic E-state index is 7.50. The van der Waals surface area contributed by atoms with Crippen molar-refractivity contribution in [3.8, 4) is 11.8 Å². The Hall–Kier alpha value is -3.14. The van der Waals surface area contributed by atoms with Crippen LogP contribution < -0.4 is 4.90 Å². The molecular formula is C23H17CrNO6. The molecule has 2 aromatic carbocycles. The summed E-state index contributed by atoms with van der Waals surface area (Å²) >= 11 is 2.79. The molecule has 0 spiro atoms. The molecule has 0 fully saturated rings. The van der Waals surface area contributed by atoms with Crippen molar-refractivity contribution in [3.05, 3.63) is 99.0 Å². The van der Waals surface area contributed by atoms with E-state index in [0.717, 1.165) is 17.8 Å². The monoisotopic (exact) mass is 455 g/mol. The summed E-state index contributed by atoms with van der Waals surface area (Å²) in [7, 11) is 3.68. The predicted octanol–water partition coefficient (Wildman–Crippen LogP) is 2.81. The number of hydrogen-bond donors (Lipinski definition) is 0. The van der Waals surface area contributed by atoms with Crippen LogP contribution in [-0.2, 0) is 50.4 Å². The molecule has 0 saturated heterocycles. The average Bonchev–Trinajstić information content (AvgIpc) is 2.89. The molecule has 156 valence electrons. The zero-order chi connectivity index (χ0) is 25.1. The number of methoxy groups -OCH3 is 1. The Morgan fingerprint density at radius 1 is 0.839 bits per heavy atom. The van der Waals surface area contributed by atoms with E-state index in [1.807, 2.05) is 24.3 Å². The summed E-state index contributed by atoms with van der Waals surface area (Å²) in [5.74, 6) is 6.12. The number of nitrogens with zero attached hydrogens (tertiary/aromatic N) is 1. The minimum atomic E-state index is 0.593. The second-order valence-corrected chi connectivity index (χ2v) is 5.18. The van der Waals surface area contributed by atoms with E-state index in [9.17, 15) is 0 Å². The second-order valence-electron chi connectivity index (χ2n) is 4.60. The van der Waals surface area contributed by atoms with E-state index in [-0.39, 0.29) is 0 Å². The topological polar surface area (TPSA) is 112 Å². The third-order valence-electron chi connectivity index (χ3n) is 3.06. The van der Waals surface area contributed by atoms with Gasteiger partial charge in [0.25, 0.3) is 0 Å². The third-order valence-corrected chi connectivity index (χ3v) is 3.48. The fourth-order valence-corrected chi connectivity index (χ4v) is 2.10. The molecule has 0 atom stereocenters. The van der Waals surface area contributed by atoms with E-state index in [2.05, 4.69) is 103 Å². The van der Waals surface area contributed by atoms with Crippen LogP contribution in [0, 0.1) is 45.1 Å². The van der Waals surface area contributed by atoms with Crippen molar-refractivity contribution in [2.75, 3.05) is 19.1 Å². The molecule has 0 amide bonds. The number of hydrogen-bond acceptors (Lipinski definition) is 2. The Bertz CT molecular complexity index is 854. The molecule has 0 aliphatic rings. The average molecular weight is 455 g/mol. The van der Waals surface area contributed by atoms with E-state index in [4.69, 9.17) is 28.0 Å². The zero-order valence-electron chi connectivity index (χ0n) is 16.7. The molecule has 0 aliphatic heterocycles. The van der Waals surface area contributed by atoms with Gasteiger partial charge in [0, 0.05) is 0 Å². The predicted molar refractivity (Wildman–Crippen MR) is 104 cm³/mol. The van der Waals surface area contributed by atoms with Crippen molar-refractivity contribution in [2.24, 2.45) is 0 Å². The molecule has 0 radical (unpaired) electrons. The van der Waals surface area contributed by atoms with E-state index in [1.165, 1.54) is 5.56 Å². The number of para-hydroxylation sites is 1. The first-order valence-electron chi connectivity index (χ1n) is 7.67. The van der Waals surface area contributed by atoms with Gasteiger partial charge in [0.05, 0.1) is 0 Å². The first kappa shape index (κ1) is 35.3. The SMILES string of the molecule is CO[C](=[Cr])C#Cc1ccccc1N(C)Cc1ccccc1.[C-]#[O+].[C-]#[O+].[C-]#[O+].[C-]#[O+].[C-]#[O+]. The molecule has 2 rings (SSSR count). The summed E-state index contributed by atoms with van der Waals surface area (Å²) in [4.78, 5) is 2.20. The van der Waals surface area contributed by atoms with Crippen LogP contribution in [0.15, 0.2) is 54.6 Å². The molecule has 7 nitrogen and oxygen atoms in total. The van der Waals surface area contributed by atoms with Crippen molar-refractivity contribution >= 4 is 10.3 Å². The zero-order valence-corrected chi connectivity index (χ0v) is 18.0. The van der Waals surface area contributed by atoms with E-state index >= 15 is 0 Å². The fourth-order valence-electron chi connectivity index (χ4n) is 2.02. The maximum absolute atomic E-state index is 7.50. The van der Waals surface area contributed by atoms with E-state index in [0.29, 0.717) is 4.57 Å². The van der Waals surface area contributed by atoms with Gasteiger partial charge in [-0.3, -0.25) is 0 Å². The van der Waals surface area contributed by atoms with Crippen LogP contribution >= 0.6 is 0 Å². The third kappa shape index (κ3) is 17.4. The molecule has 0 aliphatic carbocycles. The van der Waals surface area contributed by atoms with Crippen molar-refractivity contribution < 1.29 is 43.8 Å². The summed E-state index contributed by atoms with van der Waals surface area (Å²) in [5.41, 5.74) is 3.37. The first-order valence-corrected chi connectivity index (χ1v) is 8.30. The molecule has 2 aromatic rings. The van der Waals surface area contributed by atoms with Gasteiger partial charge in [-0.05, 0) is 0 Å². The Morgan fingerprint density at radius 3 is 1.77 bits per heavy atom. The van der Waals surface area contributed by atoms with Gasteiger partial charge in [-0.2, -0.15) is 0 Å². The molecule has 8 heteroatoms. The van der Waals surface area contributed by atoms with Gasteiger partial charge in [-0.15, -0.1) is 0 Å². The normalized spacial score (nSPS) is 6.84. The van der Waals surface area contributed by atoms with Crippen LogP contribution in [0.2, 0.25) is 0 Å². The number of anilines is 1. The van der Waals surface area contributed by atoms with Crippen molar-refractivity contribution in [1.82, 2.24) is 0 Å². The van der Waals surface area contributed by atoms with Gasteiger partial charge < -0.3 is 0 Å². The minimum absolute atomic E-state index is 0.593. The summed E-state index contributed by atoms with van der Waals surface area (Å²) < 4.78 is 43.1. The Kier molecular flexibility index (Phi) is 33.1. The summed E-state index contributed by atoms with van der Waals surface area (Å²) in [6.45, 7) is 23.3. The van der Waals surface area contributed by atoms with Gasteiger partial charge in [0.2, 0.25) is 0 Å². The fraction of sp³-hybridized carbons (Fsp3) is 0.130.